The molecule has 0 radical (unpaired) electrons. The van der Waals surface area contributed by atoms with Crippen molar-refractivity contribution in [2.45, 2.75) is 25.3 Å². The Hall–Kier alpha value is -1.39. The third-order valence-electron chi connectivity index (χ3n) is 2.79. The first-order chi connectivity index (χ1) is 8.46. The smallest absolute Gasteiger partial charge is 0.312 e. The number of benzene rings is 1. The highest BCUT2D eigenvalue weighted by atomic mass is 16.5. The highest BCUT2D eigenvalue weighted by Gasteiger charge is 2.24. The molecule has 0 aromatic heterocycles. The van der Waals surface area contributed by atoms with Crippen molar-refractivity contribution in [2.75, 3.05) is 20.3 Å². The minimum atomic E-state index is -0.818. The lowest BCUT2D eigenvalue weighted by atomic mass is 9.97. The van der Waals surface area contributed by atoms with Gasteiger partial charge in [0.05, 0.1) is 12.5 Å². The van der Waals surface area contributed by atoms with Crippen LogP contribution in [0.2, 0.25) is 0 Å². The summed E-state index contributed by atoms with van der Waals surface area (Å²) in [6.07, 6.45) is 0. The number of carbonyl (C=O) groups is 1. The van der Waals surface area contributed by atoms with E-state index in [1.54, 1.807) is 7.11 Å². The minimum Gasteiger partial charge on any atom is -0.481 e. The first kappa shape index (κ1) is 14.7. The molecule has 0 aliphatic rings. The van der Waals surface area contributed by atoms with Crippen LogP contribution in [0.3, 0.4) is 0 Å². The van der Waals surface area contributed by atoms with Crippen molar-refractivity contribution in [3.8, 4) is 0 Å². The zero-order valence-electron chi connectivity index (χ0n) is 11.1. The van der Waals surface area contributed by atoms with E-state index in [-0.39, 0.29) is 5.54 Å². The van der Waals surface area contributed by atoms with E-state index in [9.17, 15) is 9.90 Å². The number of hydrogen-bond acceptors (Lipinski definition) is 3. The molecule has 100 valence electrons. The van der Waals surface area contributed by atoms with Gasteiger partial charge in [-0.2, -0.15) is 0 Å². The van der Waals surface area contributed by atoms with Crippen molar-refractivity contribution in [2.24, 2.45) is 0 Å². The van der Waals surface area contributed by atoms with Gasteiger partial charge in [-0.15, -0.1) is 0 Å². The molecule has 0 fully saturated rings. The number of ether oxygens (including phenoxy) is 1. The van der Waals surface area contributed by atoms with Gasteiger partial charge in [0.2, 0.25) is 0 Å². The van der Waals surface area contributed by atoms with Gasteiger partial charge in [0.1, 0.15) is 0 Å². The molecule has 2 N–H and O–H groups in total. The molecule has 0 aliphatic carbocycles. The molecule has 1 unspecified atom stereocenters. The Labute approximate surface area is 108 Å². The van der Waals surface area contributed by atoms with Gasteiger partial charge < -0.3 is 15.2 Å². The number of aliphatic carboxylic acids is 1. The quantitative estimate of drug-likeness (QED) is 0.776. The number of carboxylic acids is 1. The summed E-state index contributed by atoms with van der Waals surface area (Å²) in [5.74, 6) is -1.36. The van der Waals surface area contributed by atoms with Crippen LogP contribution in [0, 0.1) is 0 Å². The molecule has 4 nitrogen and oxygen atoms in total. The van der Waals surface area contributed by atoms with E-state index in [1.807, 2.05) is 44.2 Å². The van der Waals surface area contributed by atoms with Crippen LogP contribution in [0.15, 0.2) is 30.3 Å². The minimum absolute atomic E-state index is 0.239. The standard InChI is InChI=1S/C14H21NO3/c1-14(2,10-18-3)15-9-12(13(16)17)11-7-5-4-6-8-11/h4-8,12,15H,9-10H2,1-3H3,(H,16,17). The predicted octanol–water partition coefficient (Wildman–Crippen LogP) is 1.87. The Morgan fingerprint density at radius 2 is 2.00 bits per heavy atom. The molecule has 0 bridgehead atoms. The summed E-state index contributed by atoms with van der Waals surface area (Å²) < 4.78 is 5.10. The fourth-order valence-electron chi connectivity index (χ4n) is 1.82. The van der Waals surface area contributed by atoms with Crippen LogP contribution in [0.4, 0.5) is 0 Å². The largest absolute Gasteiger partial charge is 0.481 e. The first-order valence-electron chi connectivity index (χ1n) is 5.98. The number of nitrogens with one attached hydrogen (secondary N) is 1. The average Bonchev–Trinajstić information content (AvgIpc) is 2.30. The Morgan fingerprint density at radius 1 is 1.39 bits per heavy atom. The van der Waals surface area contributed by atoms with Gasteiger partial charge in [0.25, 0.3) is 0 Å². The second-order valence-electron chi connectivity index (χ2n) is 5.00. The highest BCUT2D eigenvalue weighted by Crippen LogP contribution is 2.16. The molecule has 0 saturated carbocycles. The molecule has 1 atom stereocenters. The molecular weight excluding hydrogens is 230 g/mol. The Kier molecular flexibility index (Phi) is 5.31. The summed E-state index contributed by atoms with van der Waals surface area (Å²) in [4.78, 5) is 11.3. The molecule has 0 heterocycles. The van der Waals surface area contributed by atoms with Gasteiger partial charge >= 0.3 is 5.97 Å². The third kappa shape index (κ3) is 4.47. The summed E-state index contributed by atoms with van der Waals surface area (Å²) in [7, 11) is 1.63. The summed E-state index contributed by atoms with van der Waals surface area (Å²) in [6.45, 7) is 4.89. The predicted molar refractivity (Wildman–Crippen MR) is 70.8 cm³/mol. The van der Waals surface area contributed by atoms with Crippen molar-refractivity contribution >= 4 is 5.97 Å². The summed E-state index contributed by atoms with van der Waals surface area (Å²) >= 11 is 0. The van der Waals surface area contributed by atoms with Gasteiger partial charge in [-0.1, -0.05) is 30.3 Å². The average molecular weight is 251 g/mol. The van der Waals surface area contributed by atoms with Crippen LogP contribution in [-0.4, -0.2) is 36.9 Å². The molecule has 0 saturated heterocycles. The second kappa shape index (κ2) is 6.52. The molecule has 18 heavy (non-hydrogen) atoms. The third-order valence-corrected chi connectivity index (χ3v) is 2.79. The van der Waals surface area contributed by atoms with Crippen LogP contribution >= 0.6 is 0 Å². The normalized spacial score (nSPS) is 13.3. The maximum absolute atomic E-state index is 11.3. The van der Waals surface area contributed by atoms with Gasteiger partial charge in [0, 0.05) is 19.2 Å². The fourth-order valence-corrected chi connectivity index (χ4v) is 1.82. The van der Waals surface area contributed by atoms with Crippen molar-refractivity contribution < 1.29 is 14.6 Å². The van der Waals surface area contributed by atoms with Crippen LogP contribution in [0.5, 0.6) is 0 Å². The van der Waals surface area contributed by atoms with Crippen LogP contribution in [0.25, 0.3) is 0 Å². The first-order valence-corrected chi connectivity index (χ1v) is 5.98. The highest BCUT2D eigenvalue weighted by molar-refractivity contribution is 5.76. The molecule has 1 aromatic carbocycles. The molecule has 0 aliphatic heterocycles. The monoisotopic (exact) mass is 251 g/mol. The van der Waals surface area contributed by atoms with Crippen molar-refractivity contribution in [3.63, 3.8) is 0 Å². The van der Waals surface area contributed by atoms with E-state index >= 15 is 0 Å². The van der Waals surface area contributed by atoms with Crippen molar-refractivity contribution in [3.05, 3.63) is 35.9 Å². The lowest BCUT2D eigenvalue weighted by Crippen LogP contribution is -2.46. The van der Waals surface area contributed by atoms with Crippen LogP contribution in [0.1, 0.15) is 25.3 Å². The number of rotatable bonds is 7. The van der Waals surface area contributed by atoms with E-state index in [2.05, 4.69) is 5.32 Å². The van der Waals surface area contributed by atoms with E-state index in [0.717, 1.165) is 5.56 Å². The SMILES string of the molecule is COCC(C)(C)NCC(C(=O)O)c1ccccc1. The van der Waals surface area contributed by atoms with Crippen LogP contribution < -0.4 is 5.32 Å². The Balaban J connectivity index is 2.69. The summed E-state index contributed by atoms with van der Waals surface area (Å²) in [5.41, 5.74) is 0.572. The maximum atomic E-state index is 11.3. The van der Waals surface area contributed by atoms with Crippen molar-refractivity contribution in [1.82, 2.24) is 5.32 Å². The Morgan fingerprint density at radius 3 is 2.50 bits per heavy atom. The second-order valence-corrected chi connectivity index (χ2v) is 5.00. The Bertz CT molecular complexity index is 376. The van der Waals surface area contributed by atoms with Gasteiger partial charge in [-0.05, 0) is 19.4 Å². The van der Waals surface area contributed by atoms with E-state index in [1.165, 1.54) is 0 Å². The van der Waals surface area contributed by atoms with Gasteiger partial charge in [0.15, 0.2) is 0 Å². The van der Waals surface area contributed by atoms with E-state index in [0.29, 0.717) is 13.2 Å². The molecular formula is C14H21NO3. The molecule has 0 amide bonds. The van der Waals surface area contributed by atoms with Gasteiger partial charge in [-0.3, -0.25) is 4.79 Å². The topological polar surface area (TPSA) is 58.6 Å². The summed E-state index contributed by atoms with van der Waals surface area (Å²) in [6, 6.07) is 9.26. The zero-order chi connectivity index (χ0) is 13.6. The van der Waals surface area contributed by atoms with Crippen molar-refractivity contribution in [1.29, 1.82) is 0 Å². The van der Waals surface area contributed by atoms with Gasteiger partial charge in [-0.25, -0.2) is 0 Å². The number of hydrogen-bond donors (Lipinski definition) is 2. The summed E-state index contributed by atoms with van der Waals surface area (Å²) in [5, 5.41) is 12.5. The van der Waals surface area contributed by atoms with E-state index in [4.69, 9.17) is 4.74 Å². The van der Waals surface area contributed by atoms with E-state index < -0.39 is 11.9 Å². The maximum Gasteiger partial charge on any atom is 0.312 e. The molecule has 0 spiro atoms. The fraction of sp³-hybridized carbons (Fsp3) is 0.500. The lowest BCUT2D eigenvalue weighted by molar-refractivity contribution is -0.138. The van der Waals surface area contributed by atoms with Crippen LogP contribution in [-0.2, 0) is 9.53 Å². The molecule has 1 aromatic rings. The zero-order valence-corrected chi connectivity index (χ0v) is 11.1. The molecule has 4 heteroatoms. The number of methoxy groups -OCH3 is 1. The molecule has 1 rings (SSSR count). The number of carboxylic acid groups (broad SMARTS) is 1. The lowest BCUT2D eigenvalue weighted by Gasteiger charge is -2.27.